The van der Waals surface area contributed by atoms with E-state index in [0.29, 0.717) is 13.1 Å². The second-order valence-corrected chi connectivity index (χ2v) is 7.28. The van der Waals surface area contributed by atoms with Crippen molar-refractivity contribution in [1.82, 2.24) is 15.5 Å². The highest BCUT2D eigenvalue weighted by Crippen LogP contribution is 2.32. The standard InChI is InChI=1S/C20H30N4O2/c1-3-9-21-19(25)20(26)22-14-18(24-10-4-5-11-24)15-6-7-17-16(13-15)8-12-23(17)2/h6-7,13,18H,3-5,8-12,14H2,1-2H3,(H,21,25)(H,22,26)/t18-/m0/s1. The largest absolute Gasteiger partial charge is 0.374 e. The Kier molecular flexibility index (Phi) is 6.14. The number of carbonyl (C=O) groups excluding carboxylic acids is 2. The molecule has 1 aromatic carbocycles. The lowest BCUT2D eigenvalue weighted by Crippen LogP contribution is -2.44. The van der Waals surface area contributed by atoms with E-state index in [-0.39, 0.29) is 6.04 Å². The number of fused-ring (bicyclic) bond motifs is 1. The summed E-state index contributed by atoms with van der Waals surface area (Å²) in [5, 5.41) is 5.47. The van der Waals surface area contributed by atoms with Gasteiger partial charge in [0.1, 0.15) is 0 Å². The molecule has 26 heavy (non-hydrogen) atoms. The Morgan fingerprint density at radius 1 is 1.12 bits per heavy atom. The van der Waals surface area contributed by atoms with E-state index < -0.39 is 11.8 Å². The zero-order valence-corrected chi connectivity index (χ0v) is 15.9. The van der Waals surface area contributed by atoms with Crippen molar-refractivity contribution in [3.63, 3.8) is 0 Å². The monoisotopic (exact) mass is 358 g/mol. The van der Waals surface area contributed by atoms with Crippen LogP contribution in [0.25, 0.3) is 0 Å². The Balaban J connectivity index is 1.70. The van der Waals surface area contributed by atoms with E-state index in [1.807, 2.05) is 6.92 Å². The third kappa shape index (κ3) is 4.18. The van der Waals surface area contributed by atoms with Crippen LogP contribution in [0, 0.1) is 0 Å². The second kappa shape index (κ2) is 8.54. The van der Waals surface area contributed by atoms with Crippen molar-refractivity contribution >= 4 is 17.5 Å². The normalized spacial score (nSPS) is 17.8. The van der Waals surface area contributed by atoms with Gasteiger partial charge in [0.05, 0.1) is 6.04 Å². The van der Waals surface area contributed by atoms with Crippen LogP contribution in [0.1, 0.15) is 43.4 Å². The van der Waals surface area contributed by atoms with Crippen molar-refractivity contribution in [3.05, 3.63) is 29.3 Å². The lowest BCUT2D eigenvalue weighted by atomic mass is 10.0. The first-order valence-electron chi connectivity index (χ1n) is 9.74. The second-order valence-electron chi connectivity index (χ2n) is 7.28. The van der Waals surface area contributed by atoms with Crippen LogP contribution in [-0.2, 0) is 16.0 Å². The van der Waals surface area contributed by atoms with E-state index in [2.05, 4.69) is 45.7 Å². The molecule has 0 unspecified atom stereocenters. The van der Waals surface area contributed by atoms with Crippen LogP contribution in [0.5, 0.6) is 0 Å². The number of likely N-dealkylation sites (tertiary alicyclic amines) is 1. The van der Waals surface area contributed by atoms with Gasteiger partial charge in [-0.25, -0.2) is 0 Å². The van der Waals surface area contributed by atoms with Crippen molar-refractivity contribution in [1.29, 1.82) is 0 Å². The quantitative estimate of drug-likeness (QED) is 0.756. The molecule has 142 valence electrons. The molecule has 2 heterocycles. The molecule has 0 bridgehead atoms. The van der Waals surface area contributed by atoms with Crippen LogP contribution < -0.4 is 15.5 Å². The molecule has 0 aliphatic carbocycles. The predicted molar refractivity (Wildman–Crippen MR) is 103 cm³/mol. The number of nitrogens with zero attached hydrogens (tertiary/aromatic N) is 2. The van der Waals surface area contributed by atoms with Crippen LogP contribution in [0.15, 0.2) is 18.2 Å². The summed E-state index contributed by atoms with van der Waals surface area (Å²) in [6.45, 7) is 6.10. The van der Waals surface area contributed by atoms with Crippen molar-refractivity contribution < 1.29 is 9.59 Å². The zero-order chi connectivity index (χ0) is 18.5. The van der Waals surface area contributed by atoms with E-state index in [4.69, 9.17) is 0 Å². The molecule has 2 N–H and O–H groups in total. The summed E-state index contributed by atoms with van der Waals surface area (Å²) in [7, 11) is 2.12. The van der Waals surface area contributed by atoms with Crippen molar-refractivity contribution in [2.75, 3.05) is 44.7 Å². The van der Waals surface area contributed by atoms with Crippen LogP contribution in [0.4, 0.5) is 5.69 Å². The molecule has 1 saturated heterocycles. The Morgan fingerprint density at radius 3 is 2.58 bits per heavy atom. The molecular weight excluding hydrogens is 328 g/mol. The Morgan fingerprint density at radius 2 is 1.85 bits per heavy atom. The fourth-order valence-corrected chi connectivity index (χ4v) is 3.89. The minimum atomic E-state index is -0.539. The van der Waals surface area contributed by atoms with Crippen molar-refractivity contribution in [2.24, 2.45) is 0 Å². The molecule has 2 aliphatic heterocycles. The van der Waals surface area contributed by atoms with Crippen molar-refractivity contribution in [3.8, 4) is 0 Å². The third-order valence-electron chi connectivity index (χ3n) is 5.40. The van der Waals surface area contributed by atoms with Gasteiger partial charge >= 0.3 is 11.8 Å². The molecule has 6 heteroatoms. The van der Waals surface area contributed by atoms with Gasteiger partial charge in [-0.3, -0.25) is 14.5 Å². The van der Waals surface area contributed by atoms with Gasteiger partial charge in [-0.2, -0.15) is 0 Å². The highest BCUT2D eigenvalue weighted by atomic mass is 16.2. The molecule has 0 saturated carbocycles. The summed E-state index contributed by atoms with van der Waals surface area (Å²) in [6.07, 6.45) is 4.27. The summed E-state index contributed by atoms with van der Waals surface area (Å²) in [6, 6.07) is 6.77. The summed E-state index contributed by atoms with van der Waals surface area (Å²) in [5.41, 5.74) is 3.91. The lowest BCUT2D eigenvalue weighted by molar-refractivity contribution is -0.139. The Bertz CT molecular complexity index is 655. The van der Waals surface area contributed by atoms with Gasteiger partial charge in [0.15, 0.2) is 0 Å². The fourth-order valence-electron chi connectivity index (χ4n) is 3.89. The molecule has 1 aromatic rings. The van der Waals surface area contributed by atoms with Gasteiger partial charge in [-0.05, 0) is 56.0 Å². The van der Waals surface area contributed by atoms with E-state index in [1.54, 1.807) is 0 Å². The molecular formula is C20H30N4O2. The Labute approximate surface area is 155 Å². The number of anilines is 1. The summed E-state index contributed by atoms with van der Waals surface area (Å²) >= 11 is 0. The average molecular weight is 358 g/mol. The van der Waals surface area contributed by atoms with E-state index in [1.165, 1.54) is 29.7 Å². The minimum Gasteiger partial charge on any atom is -0.374 e. The van der Waals surface area contributed by atoms with Crippen LogP contribution in [0.3, 0.4) is 0 Å². The topological polar surface area (TPSA) is 64.7 Å². The molecule has 1 atom stereocenters. The molecule has 3 rings (SSSR count). The number of carbonyl (C=O) groups is 2. The smallest absolute Gasteiger partial charge is 0.309 e. The average Bonchev–Trinajstić information content (AvgIpc) is 3.30. The Hall–Kier alpha value is -2.08. The van der Waals surface area contributed by atoms with Crippen LogP contribution >= 0.6 is 0 Å². The maximum absolute atomic E-state index is 12.1. The molecule has 1 fully saturated rings. The van der Waals surface area contributed by atoms with Gasteiger partial charge < -0.3 is 15.5 Å². The lowest BCUT2D eigenvalue weighted by Gasteiger charge is -2.28. The summed E-state index contributed by atoms with van der Waals surface area (Å²) < 4.78 is 0. The SMILES string of the molecule is CCCNC(=O)C(=O)NC[C@@H](c1ccc2c(c1)CCN2C)N1CCCC1. The van der Waals surface area contributed by atoms with Crippen molar-refractivity contribution in [2.45, 2.75) is 38.6 Å². The molecule has 6 nitrogen and oxygen atoms in total. The van der Waals surface area contributed by atoms with E-state index in [0.717, 1.165) is 32.5 Å². The number of likely N-dealkylation sites (N-methyl/N-ethyl adjacent to an activating group) is 1. The molecule has 2 amide bonds. The molecule has 0 radical (unpaired) electrons. The molecule has 0 aromatic heterocycles. The number of hydrogen-bond donors (Lipinski definition) is 2. The van der Waals surface area contributed by atoms with Crippen LogP contribution in [0.2, 0.25) is 0 Å². The number of nitrogens with one attached hydrogen (secondary N) is 2. The first-order valence-corrected chi connectivity index (χ1v) is 9.74. The number of benzene rings is 1. The maximum atomic E-state index is 12.1. The van der Waals surface area contributed by atoms with Gasteiger partial charge in [0.25, 0.3) is 0 Å². The number of rotatable bonds is 6. The van der Waals surface area contributed by atoms with E-state index in [9.17, 15) is 9.59 Å². The fraction of sp³-hybridized carbons (Fsp3) is 0.600. The van der Waals surface area contributed by atoms with Gasteiger partial charge in [-0.15, -0.1) is 0 Å². The first kappa shape index (κ1) is 18.7. The maximum Gasteiger partial charge on any atom is 0.309 e. The third-order valence-corrected chi connectivity index (χ3v) is 5.40. The zero-order valence-electron chi connectivity index (χ0n) is 15.9. The predicted octanol–water partition coefficient (Wildman–Crippen LogP) is 1.46. The summed E-state index contributed by atoms with van der Waals surface area (Å²) in [4.78, 5) is 28.6. The highest BCUT2D eigenvalue weighted by Gasteiger charge is 2.26. The van der Waals surface area contributed by atoms with Gasteiger partial charge in [-0.1, -0.05) is 19.1 Å². The molecule has 2 aliphatic rings. The van der Waals surface area contributed by atoms with Gasteiger partial charge in [0, 0.05) is 32.4 Å². The van der Waals surface area contributed by atoms with E-state index >= 15 is 0 Å². The van der Waals surface area contributed by atoms with Gasteiger partial charge in [0.2, 0.25) is 0 Å². The number of amides is 2. The summed E-state index contributed by atoms with van der Waals surface area (Å²) in [5.74, 6) is -1.08. The highest BCUT2D eigenvalue weighted by molar-refractivity contribution is 6.35. The van der Waals surface area contributed by atoms with Crippen LogP contribution in [-0.4, -0.2) is 56.5 Å². The first-order chi connectivity index (χ1) is 12.6. The number of hydrogen-bond acceptors (Lipinski definition) is 4. The molecule has 0 spiro atoms. The minimum absolute atomic E-state index is 0.122.